The first-order chi connectivity index (χ1) is 10.2. The molecule has 3 aromatic rings. The standard InChI is InChI=1S/C16H12ClFN2S/c1-21-14-8-2-11(3-9-14)15-10-19-16(17)20(15)13-6-4-12(18)5-7-13/h2-10H,1H3. The first-order valence-electron chi connectivity index (χ1n) is 6.32. The van der Waals surface area contributed by atoms with Crippen molar-refractivity contribution in [2.75, 3.05) is 6.26 Å². The van der Waals surface area contributed by atoms with Gasteiger partial charge in [0.15, 0.2) is 0 Å². The van der Waals surface area contributed by atoms with Crippen LogP contribution in [-0.4, -0.2) is 15.8 Å². The van der Waals surface area contributed by atoms with Crippen molar-refractivity contribution in [2.24, 2.45) is 0 Å². The van der Waals surface area contributed by atoms with Crippen LogP contribution in [0, 0.1) is 5.82 Å². The van der Waals surface area contributed by atoms with Crippen LogP contribution in [0.15, 0.2) is 59.6 Å². The number of aromatic nitrogens is 2. The van der Waals surface area contributed by atoms with E-state index in [0.717, 1.165) is 16.9 Å². The maximum Gasteiger partial charge on any atom is 0.207 e. The van der Waals surface area contributed by atoms with E-state index in [0.29, 0.717) is 5.28 Å². The first-order valence-corrected chi connectivity index (χ1v) is 7.93. The van der Waals surface area contributed by atoms with Gasteiger partial charge in [-0.2, -0.15) is 0 Å². The van der Waals surface area contributed by atoms with Gasteiger partial charge in [-0.05, 0) is 54.3 Å². The molecule has 0 saturated carbocycles. The Hall–Kier alpha value is -1.78. The molecule has 0 radical (unpaired) electrons. The van der Waals surface area contributed by atoms with Gasteiger partial charge < -0.3 is 0 Å². The molecule has 0 amide bonds. The van der Waals surface area contributed by atoms with Gasteiger partial charge >= 0.3 is 0 Å². The predicted molar refractivity (Wildman–Crippen MR) is 85.7 cm³/mol. The molecule has 1 aromatic heterocycles. The van der Waals surface area contributed by atoms with Crippen molar-refractivity contribution in [1.29, 1.82) is 0 Å². The van der Waals surface area contributed by atoms with Crippen molar-refractivity contribution in [2.45, 2.75) is 4.90 Å². The molecule has 0 bridgehead atoms. The van der Waals surface area contributed by atoms with Gasteiger partial charge in [0.1, 0.15) is 5.82 Å². The molecule has 0 spiro atoms. The number of thioether (sulfide) groups is 1. The van der Waals surface area contributed by atoms with Crippen molar-refractivity contribution >= 4 is 23.4 Å². The van der Waals surface area contributed by atoms with Gasteiger partial charge in [0.05, 0.1) is 11.9 Å². The second-order valence-electron chi connectivity index (χ2n) is 4.45. The van der Waals surface area contributed by atoms with Crippen LogP contribution < -0.4 is 0 Å². The Morgan fingerprint density at radius 3 is 2.33 bits per heavy atom. The fraction of sp³-hybridized carbons (Fsp3) is 0.0625. The van der Waals surface area contributed by atoms with Gasteiger partial charge in [0.2, 0.25) is 5.28 Å². The van der Waals surface area contributed by atoms with E-state index in [1.54, 1.807) is 34.7 Å². The maximum absolute atomic E-state index is 13.1. The molecule has 106 valence electrons. The lowest BCUT2D eigenvalue weighted by molar-refractivity contribution is 0.627. The summed E-state index contributed by atoms with van der Waals surface area (Å²) < 4.78 is 14.9. The van der Waals surface area contributed by atoms with Crippen LogP contribution in [0.5, 0.6) is 0 Å². The number of hydrogen-bond donors (Lipinski definition) is 0. The van der Waals surface area contributed by atoms with Crippen LogP contribution in [0.25, 0.3) is 16.9 Å². The summed E-state index contributed by atoms with van der Waals surface area (Å²) in [4.78, 5) is 5.36. The second kappa shape index (κ2) is 5.92. The number of hydrogen-bond acceptors (Lipinski definition) is 2. The molecule has 5 heteroatoms. The fourth-order valence-electron chi connectivity index (χ4n) is 2.13. The summed E-state index contributed by atoms with van der Waals surface area (Å²) in [6.07, 6.45) is 3.76. The minimum Gasteiger partial charge on any atom is -0.283 e. The minimum atomic E-state index is -0.277. The van der Waals surface area contributed by atoms with Crippen LogP contribution in [0.3, 0.4) is 0 Å². The van der Waals surface area contributed by atoms with Crippen LogP contribution in [0.2, 0.25) is 5.28 Å². The van der Waals surface area contributed by atoms with Crippen LogP contribution >= 0.6 is 23.4 Å². The highest BCUT2D eigenvalue weighted by Gasteiger charge is 2.12. The molecule has 0 atom stereocenters. The summed E-state index contributed by atoms with van der Waals surface area (Å²) in [5.74, 6) is -0.277. The van der Waals surface area contributed by atoms with E-state index in [2.05, 4.69) is 17.1 Å². The molecule has 2 nitrogen and oxygen atoms in total. The van der Waals surface area contributed by atoms with Crippen molar-refractivity contribution < 1.29 is 4.39 Å². The van der Waals surface area contributed by atoms with Gasteiger partial charge in [-0.3, -0.25) is 4.57 Å². The lowest BCUT2D eigenvalue weighted by atomic mass is 10.1. The molecule has 0 aliphatic rings. The molecular weight excluding hydrogens is 307 g/mol. The number of benzene rings is 2. The van der Waals surface area contributed by atoms with Gasteiger partial charge in [0.25, 0.3) is 0 Å². The third-order valence-corrected chi connectivity index (χ3v) is 4.20. The smallest absolute Gasteiger partial charge is 0.207 e. The van der Waals surface area contributed by atoms with Crippen LogP contribution in [-0.2, 0) is 0 Å². The predicted octanol–water partition coefficient (Wildman–Crippen LogP) is 5.05. The molecule has 0 fully saturated rings. The maximum atomic E-state index is 13.1. The fourth-order valence-corrected chi connectivity index (χ4v) is 2.78. The summed E-state index contributed by atoms with van der Waals surface area (Å²) in [5.41, 5.74) is 2.67. The van der Waals surface area contributed by atoms with E-state index in [1.807, 2.05) is 18.4 Å². The van der Waals surface area contributed by atoms with Gasteiger partial charge in [-0.15, -0.1) is 11.8 Å². The quantitative estimate of drug-likeness (QED) is 0.629. The zero-order valence-corrected chi connectivity index (χ0v) is 12.8. The Morgan fingerprint density at radius 2 is 1.71 bits per heavy atom. The zero-order chi connectivity index (χ0) is 14.8. The van der Waals surface area contributed by atoms with Gasteiger partial charge in [0, 0.05) is 16.1 Å². The largest absolute Gasteiger partial charge is 0.283 e. The minimum absolute atomic E-state index is 0.277. The third-order valence-electron chi connectivity index (χ3n) is 3.19. The first kappa shape index (κ1) is 14.2. The zero-order valence-electron chi connectivity index (χ0n) is 11.3. The Kier molecular flexibility index (Phi) is 3.99. The molecule has 0 aliphatic carbocycles. The highest BCUT2D eigenvalue weighted by atomic mass is 35.5. The Bertz CT molecular complexity index is 751. The van der Waals surface area contributed by atoms with Crippen molar-refractivity contribution in [3.05, 3.63) is 65.8 Å². The molecule has 3 rings (SSSR count). The molecule has 1 heterocycles. The van der Waals surface area contributed by atoms with Crippen LogP contribution in [0.1, 0.15) is 0 Å². The van der Waals surface area contributed by atoms with Crippen molar-refractivity contribution in [1.82, 2.24) is 9.55 Å². The summed E-state index contributed by atoms with van der Waals surface area (Å²) in [6, 6.07) is 14.3. The third kappa shape index (κ3) is 2.82. The summed E-state index contributed by atoms with van der Waals surface area (Å²) >= 11 is 7.87. The van der Waals surface area contributed by atoms with Crippen LogP contribution in [0.4, 0.5) is 4.39 Å². The molecule has 0 aliphatic heterocycles. The van der Waals surface area contributed by atoms with E-state index >= 15 is 0 Å². The van der Waals surface area contributed by atoms with E-state index in [4.69, 9.17) is 11.6 Å². The highest BCUT2D eigenvalue weighted by molar-refractivity contribution is 7.98. The highest BCUT2D eigenvalue weighted by Crippen LogP contribution is 2.28. The average Bonchev–Trinajstić information content (AvgIpc) is 2.90. The monoisotopic (exact) mass is 318 g/mol. The molecule has 0 N–H and O–H groups in total. The Morgan fingerprint density at radius 1 is 1.05 bits per heavy atom. The summed E-state index contributed by atoms with van der Waals surface area (Å²) in [6.45, 7) is 0. The Balaban J connectivity index is 2.09. The lowest BCUT2D eigenvalue weighted by Crippen LogP contribution is -1.97. The SMILES string of the molecule is CSc1ccc(-c2cnc(Cl)n2-c2ccc(F)cc2)cc1. The van der Waals surface area contributed by atoms with E-state index in [-0.39, 0.29) is 5.82 Å². The van der Waals surface area contributed by atoms with Crippen molar-refractivity contribution in [3.63, 3.8) is 0 Å². The molecule has 0 unspecified atom stereocenters. The van der Waals surface area contributed by atoms with E-state index < -0.39 is 0 Å². The van der Waals surface area contributed by atoms with E-state index in [9.17, 15) is 4.39 Å². The van der Waals surface area contributed by atoms with E-state index in [1.165, 1.54) is 17.0 Å². The average molecular weight is 319 g/mol. The lowest BCUT2D eigenvalue weighted by Gasteiger charge is -2.10. The number of imidazole rings is 1. The van der Waals surface area contributed by atoms with Crippen molar-refractivity contribution in [3.8, 4) is 16.9 Å². The normalized spacial score (nSPS) is 10.8. The summed E-state index contributed by atoms with van der Waals surface area (Å²) in [5, 5.41) is 0.352. The topological polar surface area (TPSA) is 17.8 Å². The number of rotatable bonds is 3. The molecule has 2 aromatic carbocycles. The number of nitrogens with zero attached hydrogens (tertiary/aromatic N) is 2. The summed E-state index contributed by atoms with van der Waals surface area (Å²) in [7, 11) is 0. The Labute approximate surface area is 131 Å². The second-order valence-corrected chi connectivity index (χ2v) is 5.67. The van der Waals surface area contributed by atoms with Gasteiger partial charge in [-0.25, -0.2) is 9.37 Å². The molecule has 0 saturated heterocycles. The van der Waals surface area contributed by atoms with Gasteiger partial charge in [-0.1, -0.05) is 12.1 Å². The molecular formula is C16H12ClFN2S. The number of halogens is 2. The molecule has 21 heavy (non-hydrogen) atoms.